The molecular formula is C20H29N3O3S. The molecule has 1 aliphatic heterocycles. The van der Waals surface area contributed by atoms with Crippen molar-refractivity contribution >= 4 is 17.2 Å². The van der Waals surface area contributed by atoms with E-state index in [1.807, 2.05) is 23.6 Å². The smallest absolute Gasteiger partial charge is 0.246 e. The third-order valence-corrected chi connectivity index (χ3v) is 5.61. The number of rotatable bonds is 9. The van der Waals surface area contributed by atoms with E-state index in [0.29, 0.717) is 12.2 Å². The zero-order chi connectivity index (χ0) is 19.1. The first-order valence-corrected chi connectivity index (χ1v) is 10.5. The Morgan fingerprint density at radius 3 is 2.96 bits per heavy atom. The van der Waals surface area contributed by atoms with Crippen LogP contribution in [0.1, 0.15) is 32.4 Å². The Morgan fingerprint density at radius 1 is 1.41 bits per heavy atom. The summed E-state index contributed by atoms with van der Waals surface area (Å²) in [7, 11) is 0. The highest BCUT2D eigenvalue weighted by Gasteiger charge is 2.21. The molecule has 0 saturated carbocycles. The Labute approximate surface area is 164 Å². The van der Waals surface area contributed by atoms with Gasteiger partial charge in [-0.2, -0.15) is 0 Å². The summed E-state index contributed by atoms with van der Waals surface area (Å²) in [4.78, 5) is 15.4. The normalized spacial score (nSPS) is 20.7. The molecule has 27 heavy (non-hydrogen) atoms. The molecular weight excluding hydrogens is 362 g/mol. The Balaban J connectivity index is 1.27. The van der Waals surface area contributed by atoms with E-state index in [2.05, 4.69) is 29.2 Å². The van der Waals surface area contributed by atoms with E-state index >= 15 is 0 Å². The molecule has 2 atom stereocenters. The van der Waals surface area contributed by atoms with Crippen LogP contribution in [0, 0.1) is 11.8 Å². The summed E-state index contributed by atoms with van der Waals surface area (Å²) in [5.41, 5.74) is 0.694. The van der Waals surface area contributed by atoms with Gasteiger partial charge in [-0.1, -0.05) is 25.1 Å². The third-order valence-electron chi connectivity index (χ3n) is 4.72. The Morgan fingerprint density at radius 2 is 2.22 bits per heavy atom. The van der Waals surface area contributed by atoms with Crippen molar-refractivity contribution in [3.8, 4) is 10.6 Å². The van der Waals surface area contributed by atoms with Gasteiger partial charge in [0.05, 0.1) is 11.5 Å². The standard InChI is InChI=1S/C20H29N3O3S/c1-15-9-16(2)12-23(11-15)7-4-6-21-20(24)14-25-13-17-10-18(26-22-17)19-5-3-8-27-19/h3,5,8,10,15-16H,4,6-7,9,11-14H2,1-2H3,(H,21,24)/t15-,16-/m0/s1. The van der Waals surface area contributed by atoms with Crippen molar-refractivity contribution in [3.05, 3.63) is 29.3 Å². The van der Waals surface area contributed by atoms with Crippen molar-refractivity contribution < 1.29 is 14.1 Å². The second kappa shape index (κ2) is 10.0. The highest BCUT2D eigenvalue weighted by molar-refractivity contribution is 7.13. The second-order valence-electron chi connectivity index (χ2n) is 7.56. The number of likely N-dealkylation sites (tertiary alicyclic amines) is 1. The van der Waals surface area contributed by atoms with E-state index in [9.17, 15) is 4.79 Å². The Hall–Kier alpha value is -1.70. The van der Waals surface area contributed by atoms with Crippen LogP contribution >= 0.6 is 11.3 Å². The molecule has 3 heterocycles. The lowest BCUT2D eigenvalue weighted by Gasteiger charge is -2.34. The predicted octanol–water partition coefficient (Wildman–Crippen LogP) is 3.40. The van der Waals surface area contributed by atoms with Gasteiger partial charge in [-0.15, -0.1) is 11.3 Å². The maximum absolute atomic E-state index is 11.9. The van der Waals surface area contributed by atoms with Crippen LogP contribution in [0.2, 0.25) is 0 Å². The van der Waals surface area contributed by atoms with Crippen LogP contribution in [0.4, 0.5) is 0 Å². The van der Waals surface area contributed by atoms with Gasteiger partial charge in [-0.05, 0) is 42.7 Å². The van der Waals surface area contributed by atoms with E-state index in [4.69, 9.17) is 9.26 Å². The van der Waals surface area contributed by atoms with Crippen molar-refractivity contribution in [2.45, 2.75) is 33.3 Å². The van der Waals surface area contributed by atoms with Crippen LogP contribution < -0.4 is 5.32 Å². The summed E-state index contributed by atoms with van der Waals surface area (Å²) in [6, 6.07) is 5.80. The molecule has 6 nitrogen and oxygen atoms in total. The molecule has 1 saturated heterocycles. The van der Waals surface area contributed by atoms with E-state index in [-0.39, 0.29) is 19.1 Å². The molecule has 148 valence electrons. The van der Waals surface area contributed by atoms with Crippen LogP contribution in [-0.2, 0) is 16.1 Å². The number of thiophene rings is 1. The van der Waals surface area contributed by atoms with Crippen molar-refractivity contribution in [3.63, 3.8) is 0 Å². The van der Waals surface area contributed by atoms with E-state index < -0.39 is 0 Å². The van der Waals surface area contributed by atoms with Crippen LogP contribution in [0.25, 0.3) is 10.6 Å². The van der Waals surface area contributed by atoms with Crippen molar-refractivity contribution in [1.29, 1.82) is 0 Å². The predicted molar refractivity (Wildman–Crippen MR) is 106 cm³/mol. The molecule has 0 bridgehead atoms. The molecule has 1 N–H and O–H groups in total. The average Bonchev–Trinajstić information content (AvgIpc) is 3.29. The minimum Gasteiger partial charge on any atom is -0.365 e. The van der Waals surface area contributed by atoms with Crippen LogP contribution in [0.15, 0.2) is 28.1 Å². The lowest BCUT2D eigenvalue weighted by molar-refractivity contribution is -0.126. The molecule has 0 radical (unpaired) electrons. The molecule has 2 aromatic rings. The van der Waals surface area contributed by atoms with Gasteiger partial charge >= 0.3 is 0 Å². The number of amides is 1. The quantitative estimate of drug-likeness (QED) is 0.664. The van der Waals surface area contributed by atoms with Crippen LogP contribution in [-0.4, -0.2) is 48.7 Å². The summed E-state index contributed by atoms with van der Waals surface area (Å²) in [5, 5.41) is 8.89. The molecule has 0 spiro atoms. The second-order valence-corrected chi connectivity index (χ2v) is 8.51. The largest absolute Gasteiger partial charge is 0.365 e. The average molecular weight is 392 g/mol. The lowest BCUT2D eigenvalue weighted by atomic mass is 9.92. The van der Waals surface area contributed by atoms with Crippen molar-refractivity contribution in [2.75, 3.05) is 32.8 Å². The minimum atomic E-state index is -0.0858. The van der Waals surface area contributed by atoms with Gasteiger partial charge in [0.2, 0.25) is 5.91 Å². The van der Waals surface area contributed by atoms with Gasteiger partial charge in [-0.3, -0.25) is 4.79 Å². The van der Waals surface area contributed by atoms with Crippen LogP contribution in [0.3, 0.4) is 0 Å². The number of aromatic nitrogens is 1. The summed E-state index contributed by atoms with van der Waals surface area (Å²) < 4.78 is 10.7. The van der Waals surface area contributed by atoms with E-state index in [0.717, 1.165) is 35.4 Å². The molecule has 0 aromatic carbocycles. The number of hydrogen-bond acceptors (Lipinski definition) is 6. The summed E-state index contributed by atoms with van der Waals surface area (Å²) in [5.74, 6) is 2.19. The number of hydrogen-bond donors (Lipinski definition) is 1. The third kappa shape index (κ3) is 6.45. The first-order valence-electron chi connectivity index (χ1n) is 9.66. The fourth-order valence-electron chi connectivity index (χ4n) is 3.72. The first-order chi connectivity index (χ1) is 13.1. The van der Waals surface area contributed by atoms with Gasteiger partial charge in [0, 0.05) is 25.7 Å². The number of piperidine rings is 1. The summed E-state index contributed by atoms with van der Waals surface area (Å²) >= 11 is 1.60. The van der Waals surface area contributed by atoms with Crippen LogP contribution in [0.5, 0.6) is 0 Å². The molecule has 1 amide bonds. The van der Waals surface area contributed by atoms with Gasteiger partial charge < -0.3 is 19.5 Å². The molecule has 0 unspecified atom stereocenters. The number of nitrogens with zero attached hydrogens (tertiary/aromatic N) is 2. The number of carbonyl (C=O) groups is 1. The molecule has 0 aliphatic carbocycles. The molecule has 7 heteroatoms. The van der Waals surface area contributed by atoms with E-state index in [1.165, 1.54) is 19.5 Å². The molecule has 1 fully saturated rings. The number of nitrogens with one attached hydrogen (secondary N) is 1. The summed E-state index contributed by atoms with van der Waals surface area (Å²) in [6.07, 6.45) is 2.30. The van der Waals surface area contributed by atoms with Crippen molar-refractivity contribution in [2.24, 2.45) is 11.8 Å². The zero-order valence-electron chi connectivity index (χ0n) is 16.1. The van der Waals surface area contributed by atoms with Crippen molar-refractivity contribution in [1.82, 2.24) is 15.4 Å². The summed E-state index contributed by atoms with van der Waals surface area (Å²) in [6.45, 7) is 9.03. The maximum Gasteiger partial charge on any atom is 0.246 e. The maximum atomic E-state index is 11.9. The molecule has 1 aliphatic rings. The SMILES string of the molecule is C[C@H]1C[C@H](C)CN(CCCNC(=O)COCc2cc(-c3cccs3)on2)C1. The number of ether oxygens (including phenoxy) is 1. The van der Waals surface area contributed by atoms with Gasteiger partial charge in [0.1, 0.15) is 12.3 Å². The monoisotopic (exact) mass is 391 g/mol. The molecule has 3 rings (SSSR count). The highest BCUT2D eigenvalue weighted by atomic mass is 32.1. The van der Waals surface area contributed by atoms with Gasteiger partial charge in [0.25, 0.3) is 0 Å². The Kier molecular flexibility index (Phi) is 7.43. The lowest BCUT2D eigenvalue weighted by Crippen LogP contribution is -2.40. The van der Waals surface area contributed by atoms with E-state index in [1.54, 1.807) is 11.3 Å². The fraction of sp³-hybridized carbons (Fsp3) is 0.600. The fourth-order valence-corrected chi connectivity index (χ4v) is 4.39. The van der Waals surface area contributed by atoms with Gasteiger partial charge in [-0.25, -0.2) is 0 Å². The van der Waals surface area contributed by atoms with Gasteiger partial charge in [0.15, 0.2) is 5.76 Å². The Bertz CT molecular complexity index is 691. The topological polar surface area (TPSA) is 67.6 Å². The number of carbonyl (C=O) groups excluding carboxylic acids is 1. The first kappa shape index (κ1) is 20.0. The molecule has 2 aromatic heterocycles. The minimum absolute atomic E-state index is 0.0407. The highest BCUT2D eigenvalue weighted by Crippen LogP contribution is 2.25. The zero-order valence-corrected chi connectivity index (χ0v) is 17.0.